The van der Waals surface area contributed by atoms with Gasteiger partial charge in [-0.2, -0.15) is 13.2 Å². The van der Waals surface area contributed by atoms with Crippen LogP contribution < -0.4 is 10.1 Å². The van der Waals surface area contributed by atoms with Gasteiger partial charge in [-0.05, 0) is 6.07 Å². The summed E-state index contributed by atoms with van der Waals surface area (Å²) in [5, 5.41) is 13.0. The van der Waals surface area contributed by atoms with Crippen molar-refractivity contribution in [1.82, 2.24) is 5.32 Å². The summed E-state index contributed by atoms with van der Waals surface area (Å²) in [5.41, 5.74) is -0.711. The SMILES string of the molecule is COc1c(C(F)(F)F)ccc(C2CNCCO2)c1O. The van der Waals surface area contributed by atoms with E-state index in [2.05, 4.69) is 10.1 Å². The van der Waals surface area contributed by atoms with E-state index in [1.165, 1.54) is 6.07 Å². The van der Waals surface area contributed by atoms with E-state index in [0.717, 1.165) is 13.2 Å². The Labute approximate surface area is 108 Å². The second-order valence-electron chi connectivity index (χ2n) is 4.15. The molecule has 1 saturated heterocycles. The highest BCUT2D eigenvalue weighted by molar-refractivity contribution is 5.53. The van der Waals surface area contributed by atoms with E-state index in [0.29, 0.717) is 19.7 Å². The van der Waals surface area contributed by atoms with Gasteiger partial charge in [0.1, 0.15) is 5.56 Å². The Morgan fingerprint density at radius 1 is 1.42 bits per heavy atom. The van der Waals surface area contributed by atoms with Crippen LogP contribution in [0, 0.1) is 0 Å². The van der Waals surface area contributed by atoms with Crippen LogP contribution in [0.1, 0.15) is 17.2 Å². The number of hydrogen-bond donors (Lipinski definition) is 2. The van der Waals surface area contributed by atoms with Crippen LogP contribution >= 0.6 is 0 Å². The Kier molecular flexibility index (Phi) is 3.86. The zero-order valence-corrected chi connectivity index (χ0v) is 10.3. The lowest BCUT2D eigenvalue weighted by Gasteiger charge is -2.25. The predicted molar refractivity (Wildman–Crippen MR) is 61.2 cm³/mol. The third-order valence-corrected chi connectivity index (χ3v) is 2.95. The second kappa shape index (κ2) is 5.26. The van der Waals surface area contributed by atoms with Crippen LogP contribution in [-0.4, -0.2) is 31.9 Å². The van der Waals surface area contributed by atoms with Gasteiger partial charge in [-0.25, -0.2) is 0 Å². The van der Waals surface area contributed by atoms with E-state index < -0.39 is 29.3 Å². The molecule has 4 nitrogen and oxygen atoms in total. The van der Waals surface area contributed by atoms with E-state index in [-0.39, 0.29) is 5.56 Å². The van der Waals surface area contributed by atoms with E-state index in [1.807, 2.05) is 0 Å². The van der Waals surface area contributed by atoms with Crippen LogP contribution in [0.3, 0.4) is 0 Å². The molecule has 0 saturated carbocycles. The number of morpholine rings is 1. The lowest BCUT2D eigenvalue weighted by molar-refractivity contribution is -0.139. The molecular formula is C12H14F3NO3. The largest absolute Gasteiger partial charge is 0.504 e. The Bertz CT molecular complexity index is 456. The fourth-order valence-corrected chi connectivity index (χ4v) is 2.04. The van der Waals surface area contributed by atoms with E-state index in [9.17, 15) is 18.3 Å². The number of rotatable bonds is 2. The van der Waals surface area contributed by atoms with Gasteiger partial charge in [0.25, 0.3) is 0 Å². The number of phenols is 1. The van der Waals surface area contributed by atoms with Crippen LogP contribution in [0.2, 0.25) is 0 Å². The maximum Gasteiger partial charge on any atom is 0.420 e. The third kappa shape index (κ3) is 2.76. The molecular weight excluding hydrogens is 263 g/mol. The predicted octanol–water partition coefficient (Wildman–Crippen LogP) is 2.08. The normalized spacial score (nSPS) is 20.3. The number of nitrogens with one attached hydrogen (secondary N) is 1. The first-order chi connectivity index (χ1) is 8.95. The molecule has 2 N–H and O–H groups in total. The third-order valence-electron chi connectivity index (χ3n) is 2.95. The number of alkyl halides is 3. The van der Waals surface area contributed by atoms with Crippen molar-refractivity contribution in [2.45, 2.75) is 12.3 Å². The molecule has 0 bridgehead atoms. The first-order valence-corrected chi connectivity index (χ1v) is 5.74. The molecule has 1 aliphatic heterocycles. The smallest absolute Gasteiger partial charge is 0.420 e. The summed E-state index contributed by atoms with van der Waals surface area (Å²) in [7, 11) is 1.09. The molecule has 0 amide bonds. The molecule has 1 atom stereocenters. The molecule has 0 aliphatic carbocycles. The minimum absolute atomic E-state index is 0.289. The van der Waals surface area contributed by atoms with Gasteiger partial charge in [0, 0.05) is 18.7 Å². The van der Waals surface area contributed by atoms with Crippen molar-refractivity contribution in [1.29, 1.82) is 0 Å². The summed E-state index contributed by atoms with van der Waals surface area (Å²) < 4.78 is 48.4. The average molecular weight is 277 g/mol. The molecule has 0 aromatic heterocycles. The van der Waals surface area contributed by atoms with Crippen LogP contribution in [0.15, 0.2) is 12.1 Å². The fourth-order valence-electron chi connectivity index (χ4n) is 2.04. The molecule has 19 heavy (non-hydrogen) atoms. The number of halogens is 3. The zero-order valence-electron chi connectivity index (χ0n) is 10.3. The molecule has 7 heteroatoms. The first kappa shape index (κ1) is 14.0. The van der Waals surface area contributed by atoms with Gasteiger partial charge in [-0.3, -0.25) is 0 Å². The summed E-state index contributed by atoms with van der Waals surface area (Å²) in [6.07, 6.45) is -5.06. The van der Waals surface area contributed by atoms with Gasteiger partial charge in [0.15, 0.2) is 11.5 Å². The van der Waals surface area contributed by atoms with Gasteiger partial charge in [-0.1, -0.05) is 6.07 Å². The molecule has 1 heterocycles. The standard InChI is InChI=1S/C12H14F3NO3/c1-18-11-8(12(13,14)15)3-2-7(10(11)17)9-6-16-4-5-19-9/h2-3,9,16-17H,4-6H2,1H3. The minimum atomic E-state index is -4.58. The summed E-state index contributed by atoms with van der Waals surface area (Å²) >= 11 is 0. The average Bonchev–Trinajstić information content (AvgIpc) is 2.38. The van der Waals surface area contributed by atoms with Gasteiger partial charge >= 0.3 is 6.18 Å². The van der Waals surface area contributed by atoms with Crippen molar-refractivity contribution < 1.29 is 27.8 Å². The Balaban J connectivity index is 2.42. The van der Waals surface area contributed by atoms with Crippen LogP contribution in [0.25, 0.3) is 0 Å². The fraction of sp³-hybridized carbons (Fsp3) is 0.500. The van der Waals surface area contributed by atoms with Gasteiger partial charge in [-0.15, -0.1) is 0 Å². The molecule has 1 aliphatic rings. The highest BCUT2D eigenvalue weighted by atomic mass is 19.4. The summed E-state index contributed by atoms with van der Waals surface area (Å²) in [6.45, 7) is 1.55. The van der Waals surface area contributed by atoms with E-state index in [4.69, 9.17) is 4.74 Å². The van der Waals surface area contributed by atoms with Gasteiger partial charge < -0.3 is 19.9 Å². The highest BCUT2D eigenvalue weighted by Gasteiger charge is 2.37. The number of hydrogen-bond acceptors (Lipinski definition) is 4. The van der Waals surface area contributed by atoms with Gasteiger partial charge in [0.2, 0.25) is 0 Å². The maximum atomic E-state index is 12.8. The van der Waals surface area contributed by atoms with E-state index >= 15 is 0 Å². The number of ether oxygens (including phenoxy) is 2. The molecule has 1 aromatic rings. The van der Waals surface area contributed by atoms with Gasteiger partial charge in [0.05, 0.1) is 19.8 Å². The first-order valence-electron chi connectivity index (χ1n) is 5.74. The summed E-state index contributed by atoms with van der Waals surface area (Å²) in [4.78, 5) is 0. The zero-order chi connectivity index (χ0) is 14.0. The molecule has 1 fully saturated rings. The quantitative estimate of drug-likeness (QED) is 0.869. The maximum absolute atomic E-state index is 12.8. The van der Waals surface area contributed by atoms with E-state index in [1.54, 1.807) is 0 Å². The second-order valence-corrected chi connectivity index (χ2v) is 4.15. The minimum Gasteiger partial charge on any atom is -0.504 e. The van der Waals surface area contributed by atoms with Crippen molar-refractivity contribution in [3.63, 3.8) is 0 Å². The van der Waals surface area contributed by atoms with Crippen LogP contribution in [0.4, 0.5) is 13.2 Å². The lowest BCUT2D eigenvalue weighted by Crippen LogP contribution is -2.33. The Morgan fingerprint density at radius 3 is 2.68 bits per heavy atom. The van der Waals surface area contributed by atoms with Crippen molar-refractivity contribution in [2.75, 3.05) is 26.8 Å². The monoisotopic (exact) mass is 277 g/mol. The Hall–Kier alpha value is -1.47. The molecule has 1 unspecified atom stereocenters. The molecule has 1 aromatic carbocycles. The number of aromatic hydroxyl groups is 1. The topological polar surface area (TPSA) is 50.7 Å². The molecule has 2 rings (SSSR count). The van der Waals surface area contributed by atoms with Crippen LogP contribution in [0.5, 0.6) is 11.5 Å². The number of methoxy groups -OCH3 is 1. The molecule has 0 radical (unpaired) electrons. The van der Waals surface area contributed by atoms with Crippen molar-refractivity contribution in [3.8, 4) is 11.5 Å². The van der Waals surface area contributed by atoms with Crippen molar-refractivity contribution in [3.05, 3.63) is 23.3 Å². The number of phenolic OH excluding ortho intramolecular Hbond substituents is 1. The lowest BCUT2D eigenvalue weighted by atomic mass is 10.0. The van der Waals surface area contributed by atoms with Crippen molar-refractivity contribution in [2.24, 2.45) is 0 Å². The molecule has 106 valence electrons. The molecule has 0 spiro atoms. The summed E-state index contributed by atoms with van der Waals surface area (Å²) in [6, 6.07) is 2.12. The van der Waals surface area contributed by atoms with Crippen LogP contribution in [-0.2, 0) is 10.9 Å². The highest BCUT2D eigenvalue weighted by Crippen LogP contribution is 2.44. The van der Waals surface area contributed by atoms with Crippen molar-refractivity contribution >= 4 is 0 Å². The number of benzene rings is 1. The Morgan fingerprint density at radius 2 is 2.16 bits per heavy atom. The summed E-state index contributed by atoms with van der Waals surface area (Å²) in [5.74, 6) is -1.09.